The summed E-state index contributed by atoms with van der Waals surface area (Å²) in [5.41, 5.74) is 0.583. The number of halogens is 1. The lowest BCUT2D eigenvalue weighted by atomic mass is 10.1. The molecule has 2 heterocycles. The largest absolute Gasteiger partial charge is 0.478 e. The summed E-state index contributed by atoms with van der Waals surface area (Å²) in [6.45, 7) is 0. The van der Waals surface area contributed by atoms with Crippen molar-refractivity contribution >= 4 is 46.9 Å². The number of hydrogen-bond donors (Lipinski definition) is 2. The van der Waals surface area contributed by atoms with Gasteiger partial charge in [0.1, 0.15) is 11.4 Å². The number of carbonyl (C=O) groups excluding carboxylic acids is 2. The van der Waals surface area contributed by atoms with Crippen LogP contribution in [0.4, 0.5) is 10.1 Å². The number of rotatable bonds is 4. The molecule has 0 saturated carbocycles. The van der Waals surface area contributed by atoms with Gasteiger partial charge < -0.3 is 9.67 Å². The van der Waals surface area contributed by atoms with E-state index < -0.39 is 23.6 Å². The van der Waals surface area contributed by atoms with Crippen LogP contribution < -0.4 is 10.2 Å². The number of thiocarbonyl (C=S) groups is 1. The molecule has 1 aliphatic heterocycles. The molecule has 3 aromatic rings. The van der Waals surface area contributed by atoms with E-state index in [1.165, 1.54) is 41.0 Å². The van der Waals surface area contributed by atoms with Gasteiger partial charge in [0.15, 0.2) is 5.11 Å². The van der Waals surface area contributed by atoms with E-state index in [9.17, 15) is 23.9 Å². The molecule has 7 nitrogen and oxygen atoms in total. The molecule has 0 bridgehead atoms. The zero-order valence-corrected chi connectivity index (χ0v) is 16.6. The van der Waals surface area contributed by atoms with Crippen molar-refractivity contribution in [3.8, 4) is 5.69 Å². The van der Waals surface area contributed by atoms with Crippen molar-refractivity contribution in [2.75, 3.05) is 4.90 Å². The number of amides is 2. The van der Waals surface area contributed by atoms with E-state index in [0.717, 1.165) is 4.90 Å². The molecule has 0 aliphatic carbocycles. The highest BCUT2D eigenvalue weighted by atomic mass is 32.1. The predicted octanol–water partition coefficient (Wildman–Crippen LogP) is 3.15. The third kappa shape index (κ3) is 3.74. The smallest absolute Gasteiger partial charge is 0.335 e. The second-order valence-electron chi connectivity index (χ2n) is 6.57. The Kier molecular flexibility index (Phi) is 5.18. The molecular weight excluding hydrogens is 421 g/mol. The summed E-state index contributed by atoms with van der Waals surface area (Å²) >= 11 is 5.14. The molecule has 4 rings (SSSR count). The van der Waals surface area contributed by atoms with Gasteiger partial charge in [-0.25, -0.2) is 9.18 Å². The Hall–Kier alpha value is -4.11. The number of anilines is 1. The molecule has 1 saturated heterocycles. The number of nitrogens with one attached hydrogen (secondary N) is 1. The molecule has 1 aliphatic rings. The van der Waals surface area contributed by atoms with Crippen molar-refractivity contribution in [2.45, 2.75) is 0 Å². The molecule has 2 aromatic carbocycles. The van der Waals surface area contributed by atoms with Crippen LogP contribution in [-0.2, 0) is 9.59 Å². The monoisotopic (exact) mass is 435 g/mol. The number of benzene rings is 2. The van der Waals surface area contributed by atoms with Gasteiger partial charge in [-0.3, -0.25) is 19.8 Å². The fourth-order valence-electron chi connectivity index (χ4n) is 3.20. The molecule has 1 aromatic heterocycles. The number of para-hydroxylation sites is 1. The van der Waals surface area contributed by atoms with Crippen molar-refractivity contribution in [3.63, 3.8) is 0 Å². The molecule has 0 unspecified atom stereocenters. The van der Waals surface area contributed by atoms with Gasteiger partial charge in [-0.2, -0.15) is 0 Å². The number of carboxylic acid groups (broad SMARTS) is 1. The maximum Gasteiger partial charge on any atom is 0.335 e. The van der Waals surface area contributed by atoms with E-state index in [1.807, 2.05) is 0 Å². The molecule has 0 radical (unpaired) electrons. The number of aromatic carboxylic acids is 1. The number of carbonyl (C=O) groups is 3. The zero-order valence-electron chi connectivity index (χ0n) is 15.8. The van der Waals surface area contributed by atoms with Gasteiger partial charge in [0, 0.05) is 11.9 Å². The van der Waals surface area contributed by atoms with Gasteiger partial charge in [0.25, 0.3) is 11.8 Å². The Morgan fingerprint density at radius 1 is 1.06 bits per heavy atom. The molecule has 2 amide bonds. The SMILES string of the molecule is O=C1NC(=S)N(c2cccc(C(=O)O)c2)C(=O)C1=Cc1cccn1-c1ccccc1F. The fraction of sp³-hybridized carbons (Fsp3) is 0. The molecule has 0 spiro atoms. The number of carboxylic acids is 1. The van der Waals surface area contributed by atoms with Crippen LogP contribution in [0.2, 0.25) is 0 Å². The van der Waals surface area contributed by atoms with Crippen LogP contribution in [0.1, 0.15) is 16.1 Å². The van der Waals surface area contributed by atoms with Gasteiger partial charge in [0.05, 0.1) is 16.9 Å². The third-order valence-corrected chi connectivity index (χ3v) is 4.92. The summed E-state index contributed by atoms with van der Waals surface area (Å²) in [6, 6.07) is 15.0. The molecule has 9 heteroatoms. The molecule has 31 heavy (non-hydrogen) atoms. The molecular formula is C22H14FN3O4S. The Bertz CT molecular complexity index is 1280. The number of hydrogen-bond acceptors (Lipinski definition) is 4. The minimum atomic E-state index is -1.17. The average Bonchev–Trinajstić information content (AvgIpc) is 3.19. The van der Waals surface area contributed by atoms with Crippen molar-refractivity contribution in [2.24, 2.45) is 0 Å². The lowest BCUT2D eigenvalue weighted by Gasteiger charge is -2.29. The zero-order chi connectivity index (χ0) is 22.1. The van der Waals surface area contributed by atoms with Gasteiger partial charge in [0.2, 0.25) is 0 Å². The topological polar surface area (TPSA) is 91.6 Å². The van der Waals surface area contributed by atoms with Gasteiger partial charge in [-0.15, -0.1) is 0 Å². The fourth-order valence-corrected chi connectivity index (χ4v) is 3.48. The third-order valence-electron chi connectivity index (χ3n) is 4.64. The molecule has 0 atom stereocenters. The summed E-state index contributed by atoms with van der Waals surface area (Å²) in [6.07, 6.45) is 2.94. The van der Waals surface area contributed by atoms with Crippen molar-refractivity contribution in [3.05, 3.63) is 89.5 Å². The standard InChI is InChI=1S/C22H14FN3O4S/c23-17-8-1-2-9-18(17)25-10-4-7-14(25)12-16-19(27)24-22(31)26(20(16)28)15-6-3-5-13(11-15)21(29)30/h1-12H,(H,29,30)(H,24,27,31). The molecule has 1 fully saturated rings. The Morgan fingerprint density at radius 3 is 2.58 bits per heavy atom. The van der Waals surface area contributed by atoms with Gasteiger partial charge in [-0.05, 0) is 60.8 Å². The first-order chi connectivity index (χ1) is 14.9. The normalized spacial score (nSPS) is 15.3. The Balaban J connectivity index is 1.77. The van der Waals surface area contributed by atoms with Crippen LogP contribution in [0.3, 0.4) is 0 Å². The van der Waals surface area contributed by atoms with Crippen molar-refractivity contribution < 1.29 is 23.9 Å². The first-order valence-corrected chi connectivity index (χ1v) is 9.44. The Labute approximate surface area is 181 Å². The maximum atomic E-state index is 14.2. The molecule has 154 valence electrons. The van der Waals surface area contributed by atoms with Gasteiger partial charge in [-0.1, -0.05) is 18.2 Å². The van der Waals surface area contributed by atoms with Crippen LogP contribution >= 0.6 is 12.2 Å². The predicted molar refractivity (Wildman–Crippen MR) is 115 cm³/mol. The first-order valence-electron chi connectivity index (χ1n) is 9.04. The van der Waals surface area contributed by atoms with Crippen molar-refractivity contribution in [1.29, 1.82) is 0 Å². The highest BCUT2D eigenvalue weighted by molar-refractivity contribution is 7.80. The summed E-state index contributed by atoms with van der Waals surface area (Å²) in [5.74, 6) is -3.06. The van der Waals surface area contributed by atoms with E-state index in [1.54, 1.807) is 36.5 Å². The molecule has 2 N–H and O–H groups in total. The first kappa shape index (κ1) is 20.2. The Morgan fingerprint density at radius 2 is 1.84 bits per heavy atom. The second-order valence-corrected chi connectivity index (χ2v) is 6.95. The quantitative estimate of drug-likeness (QED) is 0.373. The van der Waals surface area contributed by atoms with E-state index in [-0.39, 0.29) is 27.6 Å². The highest BCUT2D eigenvalue weighted by Gasteiger charge is 2.35. The number of nitrogens with zero attached hydrogens (tertiary/aromatic N) is 2. The maximum absolute atomic E-state index is 14.2. The van der Waals surface area contributed by atoms with Crippen LogP contribution in [-0.4, -0.2) is 32.6 Å². The van der Waals surface area contributed by atoms with Crippen LogP contribution in [0.15, 0.2) is 72.4 Å². The van der Waals surface area contributed by atoms with Crippen LogP contribution in [0.5, 0.6) is 0 Å². The lowest BCUT2D eigenvalue weighted by Crippen LogP contribution is -2.54. The summed E-state index contributed by atoms with van der Waals surface area (Å²) in [5, 5.41) is 11.5. The van der Waals surface area contributed by atoms with E-state index in [4.69, 9.17) is 12.2 Å². The van der Waals surface area contributed by atoms with Gasteiger partial charge >= 0.3 is 5.97 Å². The summed E-state index contributed by atoms with van der Waals surface area (Å²) in [7, 11) is 0. The summed E-state index contributed by atoms with van der Waals surface area (Å²) < 4.78 is 15.7. The summed E-state index contributed by atoms with van der Waals surface area (Å²) in [4.78, 5) is 38.0. The van der Waals surface area contributed by atoms with Crippen LogP contribution in [0.25, 0.3) is 11.8 Å². The second kappa shape index (κ2) is 7.96. The van der Waals surface area contributed by atoms with E-state index in [0.29, 0.717) is 5.69 Å². The minimum absolute atomic E-state index is 0.0380. The lowest BCUT2D eigenvalue weighted by molar-refractivity contribution is -0.122. The minimum Gasteiger partial charge on any atom is -0.478 e. The van der Waals surface area contributed by atoms with E-state index in [2.05, 4.69) is 5.32 Å². The van der Waals surface area contributed by atoms with E-state index >= 15 is 0 Å². The van der Waals surface area contributed by atoms with Crippen molar-refractivity contribution in [1.82, 2.24) is 9.88 Å². The highest BCUT2D eigenvalue weighted by Crippen LogP contribution is 2.24. The average molecular weight is 435 g/mol. The number of aromatic nitrogens is 1. The van der Waals surface area contributed by atoms with Crippen LogP contribution in [0, 0.1) is 5.82 Å².